The van der Waals surface area contributed by atoms with Gasteiger partial charge in [-0.05, 0) is 29.8 Å². The molecule has 0 saturated heterocycles. The summed E-state index contributed by atoms with van der Waals surface area (Å²) >= 11 is 0. The van der Waals surface area contributed by atoms with Crippen LogP contribution >= 0.6 is 0 Å². The number of benzene rings is 1. The zero-order chi connectivity index (χ0) is 12.2. The molecular weight excluding hydrogens is 224 g/mol. The van der Waals surface area contributed by atoms with Crippen molar-refractivity contribution in [2.24, 2.45) is 0 Å². The smallest absolute Gasteiger partial charge is 0.160 e. The average molecular weight is 236 g/mol. The third kappa shape index (κ3) is 2.08. The van der Waals surface area contributed by atoms with Gasteiger partial charge in [0.1, 0.15) is 0 Å². The maximum absolute atomic E-state index is 4.23. The van der Waals surface area contributed by atoms with E-state index in [-0.39, 0.29) is 0 Å². The number of nitrogens with one attached hydrogen (secondary N) is 2. The van der Waals surface area contributed by atoms with Gasteiger partial charge in [0.25, 0.3) is 0 Å². The lowest BCUT2D eigenvalue weighted by atomic mass is 10.1. The third-order valence-corrected chi connectivity index (χ3v) is 2.67. The van der Waals surface area contributed by atoms with Crippen LogP contribution in [-0.2, 0) is 0 Å². The van der Waals surface area contributed by atoms with Gasteiger partial charge in [0.05, 0.1) is 0 Å². The number of aromatic nitrogens is 3. The normalized spacial score (nSPS) is 10.2. The van der Waals surface area contributed by atoms with E-state index in [4.69, 9.17) is 0 Å². The molecule has 2 N–H and O–H groups in total. The quantitative estimate of drug-likeness (QED) is 0.734. The summed E-state index contributed by atoms with van der Waals surface area (Å²) in [6.07, 6.45) is 5.42. The van der Waals surface area contributed by atoms with Crippen molar-refractivity contribution in [2.75, 3.05) is 5.32 Å². The average Bonchev–Trinajstić information content (AvgIpc) is 2.89. The SMILES string of the molecule is c1ccc(Nc2n[nH]cc2-c2ccncc2)cc1. The molecule has 0 amide bonds. The lowest BCUT2D eigenvalue weighted by molar-refractivity contribution is 1.09. The van der Waals surface area contributed by atoms with Crippen molar-refractivity contribution < 1.29 is 0 Å². The van der Waals surface area contributed by atoms with Crippen molar-refractivity contribution in [3.05, 3.63) is 61.1 Å². The standard InChI is InChI=1S/C14H12N4/c1-2-4-12(5-3-1)17-14-13(10-16-18-14)11-6-8-15-9-7-11/h1-10H,(H2,16,17,18). The molecule has 4 heteroatoms. The molecule has 0 spiro atoms. The second-order valence-corrected chi connectivity index (χ2v) is 3.87. The molecule has 2 heterocycles. The lowest BCUT2D eigenvalue weighted by Crippen LogP contribution is -1.92. The Hall–Kier alpha value is -2.62. The van der Waals surface area contributed by atoms with Gasteiger partial charge < -0.3 is 5.32 Å². The highest BCUT2D eigenvalue weighted by atomic mass is 15.2. The van der Waals surface area contributed by atoms with Gasteiger partial charge in [-0.25, -0.2) is 0 Å². The van der Waals surface area contributed by atoms with E-state index in [0.717, 1.165) is 22.6 Å². The molecule has 0 atom stereocenters. The van der Waals surface area contributed by atoms with Crippen molar-refractivity contribution in [3.63, 3.8) is 0 Å². The van der Waals surface area contributed by atoms with Gasteiger partial charge in [0.2, 0.25) is 0 Å². The Morgan fingerprint density at radius 2 is 1.72 bits per heavy atom. The van der Waals surface area contributed by atoms with Crippen LogP contribution in [0.15, 0.2) is 61.1 Å². The van der Waals surface area contributed by atoms with Crippen LogP contribution in [-0.4, -0.2) is 15.2 Å². The molecule has 0 bridgehead atoms. The number of hydrogen-bond acceptors (Lipinski definition) is 3. The van der Waals surface area contributed by atoms with Crippen LogP contribution in [0.2, 0.25) is 0 Å². The molecule has 3 rings (SSSR count). The van der Waals surface area contributed by atoms with E-state index in [9.17, 15) is 0 Å². The molecule has 0 aliphatic rings. The highest BCUT2D eigenvalue weighted by Crippen LogP contribution is 2.27. The van der Waals surface area contributed by atoms with Crippen LogP contribution < -0.4 is 5.32 Å². The monoisotopic (exact) mass is 236 g/mol. The minimum Gasteiger partial charge on any atom is -0.338 e. The molecule has 0 aliphatic heterocycles. The Bertz CT molecular complexity index is 617. The first-order valence-electron chi connectivity index (χ1n) is 5.70. The van der Waals surface area contributed by atoms with Gasteiger partial charge in [-0.15, -0.1) is 0 Å². The predicted octanol–water partition coefficient (Wildman–Crippen LogP) is 3.22. The summed E-state index contributed by atoms with van der Waals surface area (Å²) in [5, 5.41) is 10.4. The molecule has 0 aliphatic carbocycles. The minimum atomic E-state index is 0.812. The maximum atomic E-state index is 4.23. The number of H-pyrrole nitrogens is 1. The van der Waals surface area contributed by atoms with Gasteiger partial charge in [-0.3, -0.25) is 10.1 Å². The van der Waals surface area contributed by atoms with Gasteiger partial charge in [-0.1, -0.05) is 18.2 Å². The molecule has 0 unspecified atom stereocenters. The van der Waals surface area contributed by atoms with Gasteiger partial charge in [0.15, 0.2) is 5.82 Å². The summed E-state index contributed by atoms with van der Waals surface area (Å²) in [6, 6.07) is 13.9. The van der Waals surface area contributed by atoms with Crippen LogP contribution in [0.3, 0.4) is 0 Å². The largest absolute Gasteiger partial charge is 0.338 e. The van der Waals surface area contributed by atoms with Crippen molar-refractivity contribution in [1.82, 2.24) is 15.2 Å². The number of anilines is 2. The number of pyridine rings is 1. The fraction of sp³-hybridized carbons (Fsp3) is 0. The fourth-order valence-corrected chi connectivity index (χ4v) is 1.79. The number of aromatic amines is 1. The van der Waals surface area contributed by atoms with Crippen LogP contribution in [0, 0.1) is 0 Å². The third-order valence-electron chi connectivity index (χ3n) is 2.67. The number of nitrogens with zero attached hydrogens (tertiary/aromatic N) is 2. The molecule has 3 aromatic rings. The van der Waals surface area contributed by atoms with Gasteiger partial charge in [-0.2, -0.15) is 5.10 Å². The van der Waals surface area contributed by atoms with E-state index >= 15 is 0 Å². The lowest BCUT2D eigenvalue weighted by Gasteiger charge is -2.05. The topological polar surface area (TPSA) is 53.6 Å². The van der Waals surface area contributed by atoms with Crippen molar-refractivity contribution in [3.8, 4) is 11.1 Å². The van der Waals surface area contributed by atoms with Crippen molar-refractivity contribution >= 4 is 11.5 Å². The second-order valence-electron chi connectivity index (χ2n) is 3.87. The van der Waals surface area contributed by atoms with Gasteiger partial charge >= 0.3 is 0 Å². The Morgan fingerprint density at radius 1 is 0.944 bits per heavy atom. The zero-order valence-electron chi connectivity index (χ0n) is 9.67. The van der Waals surface area contributed by atoms with Crippen LogP contribution in [0.25, 0.3) is 11.1 Å². The highest BCUT2D eigenvalue weighted by Gasteiger charge is 2.07. The zero-order valence-corrected chi connectivity index (χ0v) is 9.67. The first kappa shape index (κ1) is 10.5. The molecule has 4 nitrogen and oxygen atoms in total. The van der Waals surface area contributed by atoms with E-state index < -0.39 is 0 Å². The first-order chi connectivity index (χ1) is 8.93. The number of para-hydroxylation sites is 1. The predicted molar refractivity (Wildman–Crippen MR) is 71.5 cm³/mol. The minimum absolute atomic E-state index is 0.812. The van der Waals surface area contributed by atoms with E-state index in [0.29, 0.717) is 0 Å². The summed E-state index contributed by atoms with van der Waals surface area (Å²) in [5.41, 5.74) is 3.12. The van der Waals surface area contributed by atoms with E-state index in [2.05, 4.69) is 20.5 Å². The molecule has 88 valence electrons. The summed E-state index contributed by atoms with van der Waals surface area (Å²) in [5.74, 6) is 0.812. The molecule has 0 fully saturated rings. The number of hydrogen-bond donors (Lipinski definition) is 2. The summed E-state index contributed by atoms with van der Waals surface area (Å²) in [4.78, 5) is 4.02. The fourth-order valence-electron chi connectivity index (χ4n) is 1.79. The van der Waals surface area contributed by atoms with E-state index in [1.165, 1.54) is 0 Å². The summed E-state index contributed by atoms with van der Waals surface area (Å²) in [7, 11) is 0. The molecule has 0 saturated carbocycles. The van der Waals surface area contributed by atoms with Gasteiger partial charge in [0, 0.05) is 29.8 Å². The summed E-state index contributed by atoms with van der Waals surface area (Å²) < 4.78 is 0. The summed E-state index contributed by atoms with van der Waals surface area (Å²) in [6.45, 7) is 0. The van der Waals surface area contributed by atoms with E-state index in [1.54, 1.807) is 12.4 Å². The number of rotatable bonds is 3. The molecule has 2 aromatic heterocycles. The molecular formula is C14H12N4. The molecule has 1 aromatic carbocycles. The Morgan fingerprint density at radius 3 is 2.50 bits per heavy atom. The Balaban J connectivity index is 1.93. The first-order valence-corrected chi connectivity index (χ1v) is 5.70. The van der Waals surface area contributed by atoms with Crippen molar-refractivity contribution in [2.45, 2.75) is 0 Å². The molecule has 0 radical (unpaired) electrons. The van der Waals surface area contributed by atoms with Crippen LogP contribution in [0.5, 0.6) is 0 Å². The highest BCUT2D eigenvalue weighted by molar-refractivity contribution is 5.77. The van der Waals surface area contributed by atoms with Crippen LogP contribution in [0.1, 0.15) is 0 Å². The van der Waals surface area contributed by atoms with E-state index in [1.807, 2.05) is 48.7 Å². The van der Waals surface area contributed by atoms with Crippen molar-refractivity contribution in [1.29, 1.82) is 0 Å². The van der Waals surface area contributed by atoms with Crippen LogP contribution in [0.4, 0.5) is 11.5 Å². The Labute approximate surface area is 105 Å². The Kier molecular flexibility index (Phi) is 2.75. The molecule has 18 heavy (non-hydrogen) atoms. The second kappa shape index (κ2) is 4.71. The maximum Gasteiger partial charge on any atom is 0.160 e.